The van der Waals surface area contributed by atoms with E-state index in [2.05, 4.69) is 103 Å². The van der Waals surface area contributed by atoms with Gasteiger partial charge in [0.05, 0.1) is 0 Å². The molecule has 2 heterocycles. The Morgan fingerprint density at radius 3 is 1.73 bits per heavy atom. The Morgan fingerprint density at radius 2 is 0.951 bits per heavy atom. The topological polar surface area (TPSA) is 25.8 Å². The number of nitrogens with zero attached hydrogens (tertiary/aromatic N) is 2. The molecule has 3 heteroatoms. The standard InChI is InChI=1S/C38H22N2Se/c1-2-10-23(11-3-1)37-38(40-32-16-8-7-15-31(32)39-37)24-18-19-28-30(22-24)26-13-5-4-12-25(26)27-20-21-34-36(35(27)28)29-14-6-9-17-33(29)41-34/h1-22H. The second-order valence-electron chi connectivity index (χ2n) is 10.5. The van der Waals surface area contributed by atoms with Crippen LogP contribution in [0.4, 0.5) is 0 Å². The van der Waals surface area contributed by atoms with Gasteiger partial charge < -0.3 is 0 Å². The van der Waals surface area contributed by atoms with Crippen LogP contribution in [0.5, 0.6) is 0 Å². The molecule has 0 saturated carbocycles. The molecule has 190 valence electrons. The van der Waals surface area contributed by atoms with Crippen molar-refractivity contribution < 1.29 is 0 Å². The molecule has 2 nitrogen and oxygen atoms in total. The second-order valence-corrected chi connectivity index (χ2v) is 12.8. The fourth-order valence-electron chi connectivity index (χ4n) is 6.40. The van der Waals surface area contributed by atoms with E-state index < -0.39 is 0 Å². The van der Waals surface area contributed by atoms with Crippen molar-refractivity contribution in [3.63, 3.8) is 0 Å². The van der Waals surface area contributed by atoms with Crippen molar-refractivity contribution in [2.75, 3.05) is 0 Å². The Kier molecular flexibility index (Phi) is 4.95. The molecule has 0 unspecified atom stereocenters. The second kappa shape index (κ2) is 8.84. The summed E-state index contributed by atoms with van der Waals surface area (Å²) in [4.78, 5) is 10.3. The normalized spacial score (nSPS) is 11.9. The van der Waals surface area contributed by atoms with Crippen LogP contribution in [0.15, 0.2) is 133 Å². The Hall–Kier alpha value is -4.82. The maximum atomic E-state index is 5.20. The van der Waals surface area contributed by atoms with E-state index in [1.165, 1.54) is 51.6 Å². The van der Waals surface area contributed by atoms with Gasteiger partial charge in [0.2, 0.25) is 0 Å². The summed E-state index contributed by atoms with van der Waals surface area (Å²) in [7, 11) is 0. The Bertz CT molecular complexity index is 2470. The molecule has 9 rings (SSSR count). The van der Waals surface area contributed by atoms with E-state index in [0.29, 0.717) is 14.5 Å². The van der Waals surface area contributed by atoms with Crippen LogP contribution in [0.3, 0.4) is 0 Å². The third-order valence-electron chi connectivity index (χ3n) is 8.23. The van der Waals surface area contributed by atoms with Crippen LogP contribution in [-0.2, 0) is 0 Å². The molecule has 2 aromatic heterocycles. The van der Waals surface area contributed by atoms with Crippen molar-refractivity contribution in [3.8, 4) is 22.5 Å². The van der Waals surface area contributed by atoms with Gasteiger partial charge in [-0.25, -0.2) is 0 Å². The molecule has 0 aliphatic carbocycles. The predicted octanol–water partition coefficient (Wildman–Crippen LogP) is 9.79. The molecule has 9 aromatic rings. The molecule has 7 aromatic carbocycles. The third kappa shape index (κ3) is 3.44. The molecule has 0 saturated heterocycles. The number of fused-ring (bicyclic) bond motifs is 11. The van der Waals surface area contributed by atoms with Gasteiger partial charge in [0.25, 0.3) is 0 Å². The number of hydrogen-bond donors (Lipinski definition) is 0. The quantitative estimate of drug-likeness (QED) is 0.149. The van der Waals surface area contributed by atoms with E-state index in [1.54, 1.807) is 0 Å². The first kappa shape index (κ1) is 22.9. The van der Waals surface area contributed by atoms with Crippen molar-refractivity contribution in [1.29, 1.82) is 0 Å². The van der Waals surface area contributed by atoms with Crippen molar-refractivity contribution in [3.05, 3.63) is 133 Å². The van der Waals surface area contributed by atoms with E-state index >= 15 is 0 Å². The van der Waals surface area contributed by atoms with E-state index in [0.717, 1.165) is 33.5 Å². The SMILES string of the molecule is c1ccc(-c2nc3ccccc3nc2-c2ccc3c(c2)c2ccccc2c2ccc4[se]c5ccccc5c4c23)cc1. The van der Waals surface area contributed by atoms with Crippen molar-refractivity contribution >= 4 is 77.1 Å². The van der Waals surface area contributed by atoms with Crippen LogP contribution in [0.25, 0.3) is 85.2 Å². The van der Waals surface area contributed by atoms with Gasteiger partial charge in [0.1, 0.15) is 0 Å². The third-order valence-corrected chi connectivity index (χ3v) is 10.6. The molecule has 0 atom stereocenters. The first-order valence-corrected chi connectivity index (χ1v) is 15.6. The van der Waals surface area contributed by atoms with E-state index in [-0.39, 0.29) is 0 Å². The molecule has 0 N–H and O–H groups in total. The average molecular weight is 586 g/mol. The van der Waals surface area contributed by atoms with Crippen molar-refractivity contribution in [2.24, 2.45) is 0 Å². The molecule has 0 radical (unpaired) electrons. The van der Waals surface area contributed by atoms with E-state index in [1.807, 2.05) is 30.3 Å². The summed E-state index contributed by atoms with van der Waals surface area (Å²) >= 11 is 0.323. The van der Waals surface area contributed by atoms with Gasteiger partial charge in [-0.15, -0.1) is 0 Å². The van der Waals surface area contributed by atoms with Crippen LogP contribution in [0, 0.1) is 0 Å². The monoisotopic (exact) mass is 586 g/mol. The first-order valence-electron chi connectivity index (χ1n) is 13.8. The van der Waals surface area contributed by atoms with Gasteiger partial charge >= 0.3 is 231 Å². The van der Waals surface area contributed by atoms with Gasteiger partial charge in [-0.2, -0.15) is 0 Å². The molecule has 0 aliphatic heterocycles. The number of rotatable bonds is 2. The summed E-state index contributed by atoms with van der Waals surface area (Å²) in [5, 5.41) is 10.6. The van der Waals surface area contributed by atoms with Crippen LogP contribution in [-0.4, -0.2) is 24.5 Å². The molecule has 0 amide bonds. The van der Waals surface area contributed by atoms with Crippen LogP contribution >= 0.6 is 0 Å². The van der Waals surface area contributed by atoms with Crippen molar-refractivity contribution in [1.82, 2.24) is 9.97 Å². The Morgan fingerprint density at radius 1 is 0.366 bits per heavy atom. The van der Waals surface area contributed by atoms with Crippen LogP contribution in [0.1, 0.15) is 0 Å². The molecular formula is C38H22N2Se. The number of benzene rings is 7. The number of aromatic nitrogens is 2. The minimum atomic E-state index is 0.323. The zero-order valence-electron chi connectivity index (χ0n) is 22.0. The molecule has 0 fully saturated rings. The molecular weight excluding hydrogens is 563 g/mol. The Balaban J connectivity index is 1.43. The summed E-state index contributed by atoms with van der Waals surface area (Å²) < 4.78 is 2.94. The van der Waals surface area contributed by atoms with Gasteiger partial charge in [-0.05, 0) is 0 Å². The van der Waals surface area contributed by atoms with E-state index in [9.17, 15) is 0 Å². The number of hydrogen-bond acceptors (Lipinski definition) is 2. The molecule has 0 aliphatic rings. The number of para-hydroxylation sites is 2. The molecule has 0 spiro atoms. The first-order chi connectivity index (χ1) is 20.3. The van der Waals surface area contributed by atoms with Crippen LogP contribution < -0.4 is 0 Å². The molecule has 0 bridgehead atoms. The average Bonchev–Trinajstić information content (AvgIpc) is 3.43. The van der Waals surface area contributed by atoms with Gasteiger partial charge in [0.15, 0.2) is 0 Å². The van der Waals surface area contributed by atoms with Gasteiger partial charge in [-0.1, -0.05) is 12.1 Å². The van der Waals surface area contributed by atoms with Crippen LogP contribution in [0.2, 0.25) is 0 Å². The zero-order valence-corrected chi connectivity index (χ0v) is 23.7. The summed E-state index contributed by atoms with van der Waals surface area (Å²) in [6, 6.07) is 48.0. The van der Waals surface area contributed by atoms with Crippen molar-refractivity contribution in [2.45, 2.75) is 0 Å². The summed E-state index contributed by atoms with van der Waals surface area (Å²) in [6.07, 6.45) is 0. The fourth-order valence-corrected chi connectivity index (χ4v) is 8.74. The summed E-state index contributed by atoms with van der Waals surface area (Å²) in [5.74, 6) is 0. The Labute approximate surface area is 242 Å². The minimum absolute atomic E-state index is 0.323. The maximum absolute atomic E-state index is 5.20. The summed E-state index contributed by atoms with van der Waals surface area (Å²) in [5.41, 5.74) is 5.78. The van der Waals surface area contributed by atoms with Gasteiger partial charge in [-0.3, -0.25) is 0 Å². The van der Waals surface area contributed by atoms with Gasteiger partial charge in [0, 0.05) is 0 Å². The zero-order chi connectivity index (χ0) is 26.9. The fraction of sp³-hybridized carbons (Fsp3) is 0. The summed E-state index contributed by atoms with van der Waals surface area (Å²) in [6.45, 7) is 0. The predicted molar refractivity (Wildman–Crippen MR) is 175 cm³/mol. The molecule has 41 heavy (non-hydrogen) atoms. The van der Waals surface area contributed by atoms with E-state index in [4.69, 9.17) is 9.97 Å².